The van der Waals surface area contributed by atoms with Crippen molar-refractivity contribution in [1.29, 1.82) is 0 Å². The van der Waals surface area contributed by atoms with E-state index in [4.69, 9.17) is 9.72 Å². The van der Waals surface area contributed by atoms with Gasteiger partial charge in [0.25, 0.3) is 5.56 Å². The standard InChI is InChI=1S/C22H30N6O3/c1-4-5-6-11-28-18-19(25(2)22(30)24-20(18)29)23-21(28)27-14-12-26(13-15-27)16-7-9-17(31-3)10-8-16/h7-10H,4-6,11-15H2,1-3H3,(H,24,29,30). The maximum absolute atomic E-state index is 12.6. The molecule has 1 aliphatic heterocycles. The number of hydrogen-bond acceptors (Lipinski definition) is 6. The molecule has 166 valence electrons. The van der Waals surface area contributed by atoms with E-state index in [1.807, 2.05) is 16.7 Å². The van der Waals surface area contributed by atoms with Gasteiger partial charge in [0.2, 0.25) is 5.95 Å². The van der Waals surface area contributed by atoms with Crippen LogP contribution in [0.15, 0.2) is 33.9 Å². The van der Waals surface area contributed by atoms with Gasteiger partial charge in [0.15, 0.2) is 11.2 Å². The fourth-order valence-corrected chi connectivity index (χ4v) is 4.15. The minimum Gasteiger partial charge on any atom is -0.497 e. The number of aromatic amines is 1. The number of aromatic nitrogens is 4. The van der Waals surface area contributed by atoms with Crippen LogP contribution in [0.4, 0.5) is 11.6 Å². The summed E-state index contributed by atoms with van der Waals surface area (Å²) >= 11 is 0. The third-order valence-corrected chi connectivity index (χ3v) is 5.97. The van der Waals surface area contributed by atoms with E-state index >= 15 is 0 Å². The van der Waals surface area contributed by atoms with E-state index in [-0.39, 0.29) is 5.56 Å². The molecule has 0 aliphatic carbocycles. The molecule has 31 heavy (non-hydrogen) atoms. The first-order valence-electron chi connectivity index (χ1n) is 10.9. The number of nitrogens with zero attached hydrogens (tertiary/aromatic N) is 5. The number of piperazine rings is 1. The second-order valence-electron chi connectivity index (χ2n) is 7.93. The zero-order valence-corrected chi connectivity index (χ0v) is 18.4. The molecular formula is C22H30N6O3. The SMILES string of the molecule is CCCCCn1c(N2CCN(c3ccc(OC)cc3)CC2)nc2c1c(=O)[nH]c(=O)n2C. The van der Waals surface area contributed by atoms with Gasteiger partial charge in [0.05, 0.1) is 7.11 Å². The van der Waals surface area contributed by atoms with Crippen molar-refractivity contribution in [3.05, 3.63) is 45.1 Å². The van der Waals surface area contributed by atoms with Gasteiger partial charge in [-0.15, -0.1) is 0 Å². The van der Waals surface area contributed by atoms with Crippen molar-refractivity contribution in [2.45, 2.75) is 32.7 Å². The largest absolute Gasteiger partial charge is 0.497 e. The van der Waals surface area contributed by atoms with Gasteiger partial charge in [-0.3, -0.25) is 14.3 Å². The van der Waals surface area contributed by atoms with Crippen molar-refractivity contribution < 1.29 is 4.74 Å². The van der Waals surface area contributed by atoms with E-state index in [1.165, 1.54) is 4.57 Å². The van der Waals surface area contributed by atoms with Crippen molar-refractivity contribution in [2.75, 3.05) is 43.1 Å². The average Bonchev–Trinajstić information content (AvgIpc) is 3.18. The number of hydrogen-bond donors (Lipinski definition) is 1. The van der Waals surface area contributed by atoms with Gasteiger partial charge in [-0.05, 0) is 30.7 Å². The first-order valence-corrected chi connectivity index (χ1v) is 10.9. The smallest absolute Gasteiger partial charge is 0.329 e. The Labute approximate surface area is 180 Å². The maximum Gasteiger partial charge on any atom is 0.329 e. The first-order chi connectivity index (χ1) is 15.0. The van der Waals surface area contributed by atoms with Crippen LogP contribution in [0.5, 0.6) is 5.75 Å². The van der Waals surface area contributed by atoms with Crippen LogP contribution in [0, 0.1) is 0 Å². The topological polar surface area (TPSA) is 88.4 Å². The molecule has 0 amide bonds. The van der Waals surface area contributed by atoms with Gasteiger partial charge < -0.3 is 19.1 Å². The molecule has 0 saturated carbocycles. The van der Waals surface area contributed by atoms with Crippen LogP contribution < -0.4 is 25.8 Å². The molecule has 9 heteroatoms. The number of methoxy groups -OCH3 is 1. The van der Waals surface area contributed by atoms with Crippen LogP contribution in [0.3, 0.4) is 0 Å². The highest BCUT2D eigenvalue weighted by Crippen LogP contribution is 2.25. The van der Waals surface area contributed by atoms with Crippen molar-refractivity contribution in [3.63, 3.8) is 0 Å². The van der Waals surface area contributed by atoms with Crippen LogP contribution >= 0.6 is 0 Å². The van der Waals surface area contributed by atoms with E-state index in [9.17, 15) is 9.59 Å². The van der Waals surface area contributed by atoms with Crippen molar-refractivity contribution in [3.8, 4) is 5.75 Å². The fourth-order valence-electron chi connectivity index (χ4n) is 4.15. The number of benzene rings is 1. The maximum atomic E-state index is 12.6. The average molecular weight is 427 g/mol. The Morgan fingerprint density at radius 2 is 1.71 bits per heavy atom. The lowest BCUT2D eigenvalue weighted by atomic mass is 10.2. The zero-order chi connectivity index (χ0) is 22.0. The summed E-state index contributed by atoms with van der Waals surface area (Å²) in [5.41, 5.74) is 1.27. The first kappa shape index (κ1) is 21.0. The fraction of sp³-hybridized carbons (Fsp3) is 0.500. The molecule has 1 aliphatic rings. The quantitative estimate of drug-likeness (QED) is 0.581. The van der Waals surface area contributed by atoms with Crippen LogP contribution in [0.2, 0.25) is 0 Å². The Bertz CT molecular complexity index is 1150. The number of anilines is 2. The van der Waals surface area contributed by atoms with Gasteiger partial charge >= 0.3 is 5.69 Å². The van der Waals surface area contributed by atoms with Crippen molar-refractivity contribution >= 4 is 22.8 Å². The number of nitrogens with one attached hydrogen (secondary N) is 1. The number of unbranched alkanes of at least 4 members (excludes halogenated alkanes) is 2. The Hall–Kier alpha value is -3.23. The zero-order valence-electron chi connectivity index (χ0n) is 18.4. The van der Waals surface area contributed by atoms with Gasteiger partial charge in [0, 0.05) is 45.5 Å². The van der Waals surface area contributed by atoms with Gasteiger partial charge in [-0.2, -0.15) is 4.98 Å². The summed E-state index contributed by atoms with van der Waals surface area (Å²) in [5.74, 6) is 1.62. The molecular weight excluding hydrogens is 396 g/mol. The lowest BCUT2D eigenvalue weighted by Crippen LogP contribution is -2.47. The van der Waals surface area contributed by atoms with Crippen LogP contribution in [0.1, 0.15) is 26.2 Å². The van der Waals surface area contributed by atoms with Gasteiger partial charge in [-0.1, -0.05) is 19.8 Å². The molecule has 3 aromatic rings. The molecule has 1 saturated heterocycles. The minimum atomic E-state index is -0.438. The Morgan fingerprint density at radius 1 is 1.03 bits per heavy atom. The molecule has 3 heterocycles. The summed E-state index contributed by atoms with van der Waals surface area (Å²) in [6, 6.07) is 8.09. The highest BCUT2D eigenvalue weighted by atomic mass is 16.5. The number of ether oxygens (including phenoxy) is 1. The van der Waals surface area contributed by atoms with Gasteiger partial charge in [-0.25, -0.2) is 4.79 Å². The Kier molecular flexibility index (Phi) is 6.01. The molecule has 0 atom stereocenters. The lowest BCUT2D eigenvalue weighted by Gasteiger charge is -2.36. The number of aryl methyl sites for hydroxylation is 2. The minimum absolute atomic E-state index is 0.370. The lowest BCUT2D eigenvalue weighted by molar-refractivity contribution is 0.415. The third-order valence-electron chi connectivity index (χ3n) is 5.97. The van der Waals surface area contributed by atoms with E-state index in [0.29, 0.717) is 17.7 Å². The van der Waals surface area contributed by atoms with E-state index in [0.717, 1.165) is 62.8 Å². The van der Waals surface area contributed by atoms with Crippen LogP contribution in [0.25, 0.3) is 11.2 Å². The molecule has 9 nitrogen and oxygen atoms in total. The number of rotatable bonds is 7. The molecule has 0 unspecified atom stereocenters. The van der Waals surface area contributed by atoms with Crippen LogP contribution in [-0.2, 0) is 13.6 Å². The summed E-state index contributed by atoms with van der Waals surface area (Å²) < 4.78 is 8.66. The highest BCUT2D eigenvalue weighted by molar-refractivity contribution is 5.74. The molecule has 0 spiro atoms. The molecule has 1 N–H and O–H groups in total. The second-order valence-corrected chi connectivity index (χ2v) is 7.93. The molecule has 0 bridgehead atoms. The number of imidazole rings is 1. The van der Waals surface area contributed by atoms with E-state index in [2.05, 4.69) is 33.8 Å². The predicted octanol–water partition coefficient (Wildman–Crippen LogP) is 1.95. The molecule has 4 rings (SSSR count). The monoisotopic (exact) mass is 426 g/mol. The molecule has 2 aromatic heterocycles. The highest BCUT2D eigenvalue weighted by Gasteiger charge is 2.25. The van der Waals surface area contributed by atoms with E-state index < -0.39 is 5.69 Å². The summed E-state index contributed by atoms with van der Waals surface area (Å²) in [7, 11) is 3.32. The molecule has 0 radical (unpaired) electrons. The molecule has 1 fully saturated rings. The Balaban J connectivity index is 1.62. The summed E-state index contributed by atoms with van der Waals surface area (Å²) in [6.07, 6.45) is 3.13. The van der Waals surface area contributed by atoms with Gasteiger partial charge in [0.1, 0.15) is 5.75 Å². The molecule has 1 aromatic carbocycles. The number of H-pyrrole nitrogens is 1. The van der Waals surface area contributed by atoms with E-state index in [1.54, 1.807) is 14.2 Å². The Morgan fingerprint density at radius 3 is 2.35 bits per heavy atom. The third kappa shape index (κ3) is 4.04. The summed E-state index contributed by atoms with van der Waals surface area (Å²) in [6.45, 7) is 6.13. The van der Waals surface area contributed by atoms with Crippen molar-refractivity contribution in [2.24, 2.45) is 7.05 Å². The second kappa shape index (κ2) is 8.87. The number of fused-ring (bicyclic) bond motifs is 1. The summed E-state index contributed by atoms with van der Waals surface area (Å²) in [4.78, 5) is 36.4. The predicted molar refractivity (Wildman–Crippen MR) is 123 cm³/mol. The normalized spacial score (nSPS) is 14.4. The summed E-state index contributed by atoms with van der Waals surface area (Å²) in [5, 5.41) is 0. The van der Waals surface area contributed by atoms with Crippen molar-refractivity contribution in [1.82, 2.24) is 19.1 Å². The van der Waals surface area contributed by atoms with Crippen LogP contribution in [-0.4, -0.2) is 52.4 Å².